The van der Waals surface area contributed by atoms with Crippen LogP contribution in [0.5, 0.6) is 0 Å². The van der Waals surface area contributed by atoms with Crippen molar-refractivity contribution in [3.05, 3.63) is 0 Å². The zero-order valence-corrected chi connectivity index (χ0v) is 22.2. The van der Waals surface area contributed by atoms with Crippen LogP contribution >= 0.6 is 0 Å². The Morgan fingerprint density at radius 2 is 1.63 bits per heavy atom. The number of amides is 4. The number of carbonyl (C=O) groups excluding carboxylic acids is 5. The average molecular weight is 518 g/mol. The highest BCUT2D eigenvalue weighted by atomic mass is 32.2. The molecule has 1 saturated carbocycles. The third-order valence-electron chi connectivity index (χ3n) is 5.54. The first-order valence-corrected chi connectivity index (χ1v) is 13.4. The van der Waals surface area contributed by atoms with Crippen molar-refractivity contribution in [2.45, 2.75) is 90.9 Å². The molecule has 1 fully saturated rings. The number of ketones is 1. The van der Waals surface area contributed by atoms with Crippen LogP contribution in [0.3, 0.4) is 0 Å². The Kier molecular flexibility index (Phi) is 10.8. The molecule has 0 aromatic rings. The quantitative estimate of drug-likeness (QED) is 0.230. The SMILES string of the molecule is CCC[C@@H](C(=O)N[C@@H](CCS(N)(=O)=O)C(=O)C(=O)NC1CC1)N(C)C(=O)[C@@H](C)NC(=O)C(C)(C)C. The monoisotopic (exact) mass is 517 g/mol. The van der Waals surface area contributed by atoms with E-state index in [1.807, 2.05) is 0 Å². The van der Waals surface area contributed by atoms with Crippen LogP contribution in [0, 0.1) is 5.41 Å². The summed E-state index contributed by atoms with van der Waals surface area (Å²) < 4.78 is 22.9. The fraction of sp³-hybridized carbons (Fsp3) is 0.773. The molecule has 1 aliphatic carbocycles. The van der Waals surface area contributed by atoms with E-state index in [-0.39, 0.29) is 18.4 Å². The topological polar surface area (TPSA) is 185 Å². The van der Waals surface area contributed by atoms with E-state index in [1.54, 1.807) is 27.7 Å². The molecular formula is C22H39N5O7S. The molecule has 12 nitrogen and oxygen atoms in total. The Morgan fingerprint density at radius 1 is 1.06 bits per heavy atom. The maximum atomic E-state index is 13.1. The standard InChI is InChI=1S/C22H39N5O7S/c1-7-8-16(27(6)20(31)13(2)24-21(32)22(3,4)5)18(29)26-15(11-12-35(23,33)34)17(28)19(30)25-14-9-10-14/h13-16H,7-12H2,1-6H3,(H,24,32)(H,25,30)(H,26,29)(H2,23,33,34)/t13-,15+,16+/m1/s1. The highest BCUT2D eigenvalue weighted by molar-refractivity contribution is 7.89. The summed E-state index contributed by atoms with van der Waals surface area (Å²) in [5.41, 5.74) is -0.717. The number of primary sulfonamides is 1. The second-order valence-electron chi connectivity index (χ2n) is 10.0. The van der Waals surface area contributed by atoms with Gasteiger partial charge in [-0.15, -0.1) is 0 Å². The maximum Gasteiger partial charge on any atom is 0.289 e. The van der Waals surface area contributed by atoms with E-state index in [9.17, 15) is 32.4 Å². The minimum atomic E-state index is -3.96. The van der Waals surface area contributed by atoms with E-state index < -0.39 is 69.2 Å². The summed E-state index contributed by atoms with van der Waals surface area (Å²) in [6.07, 6.45) is 1.83. The molecular weight excluding hydrogens is 478 g/mol. The predicted molar refractivity (Wildman–Crippen MR) is 129 cm³/mol. The van der Waals surface area contributed by atoms with Crippen LogP contribution in [0.15, 0.2) is 0 Å². The Hall–Kier alpha value is -2.54. The van der Waals surface area contributed by atoms with Gasteiger partial charge >= 0.3 is 0 Å². The number of sulfonamides is 1. The van der Waals surface area contributed by atoms with Crippen LogP contribution in [0.4, 0.5) is 0 Å². The first-order chi connectivity index (χ1) is 16.0. The Balaban J connectivity index is 3.01. The second-order valence-corrected chi connectivity index (χ2v) is 11.8. The highest BCUT2D eigenvalue weighted by Gasteiger charge is 2.36. The number of rotatable bonds is 13. The Labute approximate surface area is 207 Å². The number of likely N-dealkylation sites (N-methyl/N-ethyl adjacent to an activating group) is 1. The number of nitrogens with zero attached hydrogens (tertiary/aromatic N) is 1. The molecule has 0 aromatic heterocycles. The number of hydrogen-bond acceptors (Lipinski definition) is 7. The number of nitrogens with one attached hydrogen (secondary N) is 3. The molecule has 200 valence electrons. The minimum absolute atomic E-state index is 0.109. The van der Waals surface area contributed by atoms with E-state index in [4.69, 9.17) is 5.14 Å². The van der Waals surface area contributed by atoms with Gasteiger partial charge in [-0.05, 0) is 32.6 Å². The lowest BCUT2D eigenvalue weighted by Gasteiger charge is -2.31. The highest BCUT2D eigenvalue weighted by Crippen LogP contribution is 2.19. The summed E-state index contributed by atoms with van der Waals surface area (Å²) in [4.78, 5) is 64.4. The van der Waals surface area contributed by atoms with Crippen molar-refractivity contribution < 1.29 is 32.4 Å². The van der Waals surface area contributed by atoms with Gasteiger partial charge in [-0.3, -0.25) is 24.0 Å². The predicted octanol–water partition coefficient (Wildman–Crippen LogP) is -0.825. The lowest BCUT2D eigenvalue weighted by atomic mass is 9.95. The summed E-state index contributed by atoms with van der Waals surface area (Å²) in [6, 6.07) is -3.47. The molecule has 35 heavy (non-hydrogen) atoms. The lowest BCUT2D eigenvalue weighted by Crippen LogP contribution is -2.57. The molecule has 1 rings (SSSR count). The normalized spacial score (nSPS) is 16.4. The van der Waals surface area contributed by atoms with Gasteiger partial charge < -0.3 is 20.9 Å². The van der Waals surface area contributed by atoms with E-state index >= 15 is 0 Å². The van der Waals surface area contributed by atoms with Crippen LogP contribution in [0.25, 0.3) is 0 Å². The molecule has 5 N–H and O–H groups in total. The second kappa shape index (κ2) is 12.4. The summed E-state index contributed by atoms with van der Waals surface area (Å²) in [5.74, 6) is -4.09. The van der Waals surface area contributed by atoms with Gasteiger partial charge in [0.05, 0.1) is 11.8 Å². The van der Waals surface area contributed by atoms with Crippen molar-refractivity contribution in [1.82, 2.24) is 20.9 Å². The Bertz CT molecular complexity index is 925. The molecule has 0 aliphatic heterocycles. The van der Waals surface area contributed by atoms with Crippen molar-refractivity contribution in [3.8, 4) is 0 Å². The molecule has 13 heteroatoms. The molecule has 0 radical (unpaired) electrons. The molecule has 0 unspecified atom stereocenters. The molecule has 4 amide bonds. The van der Waals surface area contributed by atoms with Crippen molar-refractivity contribution >= 4 is 39.4 Å². The number of nitrogens with two attached hydrogens (primary N) is 1. The van der Waals surface area contributed by atoms with Gasteiger partial charge in [-0.25, -0.2) is 13.6 Å². The maximum absolute atomic E-state index is 13.1. The van der Waals surface area contributed by atoms with Gasteiger partial charge in [-0.2, -0.15) is 0 Å². The minimum Gasteiger partial charge on any atom is -0.347 e. The van der Waals surface area contributed by atoms with Crippen molar-refractivity contribution in [3.63, 3.8) is 0 Å². The summed E-state index contributed by atoms with van der Waals surface area (Å²) in [7, 11) is -2.55. The third kappa shape index (κ3) is 10.3. The first kappa shape index (κ1) is 30.5. The summed E-state index contributed by atoms with van der Waals surface area (Å²) >= 11 is 0. The van der Waals surface area contributed by atoms with Gasteiger partial charge in [-0.1, -0.05) is 34.1 Å². The van der Waals surface area contributed by atoms with Crippen LogP contribution in [-0.4, -0.2) is 79.7 Å². The number of Topliss-reactive ketones (excluding diaryl/α,β-unsaturated/α-hetero) is 1. The van der Waals surface area contributed by atoms with E-state index in [0.29, 0.717) is 6.42 Å². The molecule has 0 heterocycles. The van der Waals surface area contributed by atoms with Crippen molar-refractivity contribution in [2.75, 3.05) is 12.8 Å². The zero-order chi connectivity index (χ0) is 27.1. The fourth-order valence-corrected chi connectivity index (χ4v) is 3.73. The fourth-order valence-electron chi connectivity index (χ4n) is 3.17. The number of carbonyl (C=O) groups is 5. The van der Waals surface area contributed by atoms with E-state index in [1.165, 1.54) is 18.9 Å². The van der Waals surface area contributed by atoms with Gasteiger partial charge in [0, 0.05) is 18.5 Å². The van der Waals surface area contributed by atoms with Crippen LogP contribution < -0.4 is 21.1 Å². The first-order valence-electron chi connectivity index (χ1n) is 11.7. The van der Waals surface area contributed by atoms with Gasteiger partial charge in [0.25, 0.3) is 5.91 Å². The molecule has 0 aromatic carbocycles. The smallest absolute Gasteiger partial charge is 0.289 e. The molecule has 3 atom stereocenters. The van der Waals surface area contributed by atoms with E-state index in [2.05, 4.69) is 16.0 Å². The van der Waals surface area contributed by atoms with Crippen molar-refractivity contribution in [1.29, 1.82) is 0 Å². The van der Waals surface area contributed by atoms with E-state index in [0.717, 1.165) is 12.8 Å². The summed E-state index contributed by atoms with van der Waals surface area (Å²) in [5, 5.41) is 12.6. The third-order valence-corrected chi connectivity index (χ3v) is 6.34. The molecule has 1 aliphatic rings. The average Bonchev–Trinajstić information content (AvgIpc) is 3.55. The van der Waals surface area contributed by atoms with Crippen molar-refractivity contribution in [2.24, 2.45) is 10.6 Å². The van der Waals surface area contributed by atoms with Crippen LogP contribution in [0.2, 0.25) is 0 Å². The van der Waals surface area contributed by atoms with Gasteiger partial charge in [0.15, 0.2) is 0 Å². The van der Waals surface area contributed by atoms with Gasteiger partial charge in [0.1, 0.15) is 12.1 Å². The molecule has 0 bridgehead atoms. The van der Waals surface area contributed by atoms with Crippen LogP contribution in [0.1, 0.15) is 66.7 Å². The van der Waals surface area contributed by atoms with Crippen LogP contribution in [-0.2, 0) is 34.0 Å². The Morgan fingerprint density at radius 3 is 2.09 bits per heavy atom. The zero-order valence-electron chi connectivity index (χ0n) is 21.3. The van der Waals surface area contributed by atoms with Gasteiger partial charge in [0.2, 0.25) is 33.5 Å². The molecule has 0 saturated heterocycles. The summed E-state index contributed by atoms with van der Waals surface area (Å²) in [6.45, 7) is 8.41. The molecule has 0 spiro atoms. The largest absolute Gasteiger partial charge is 0.347 e. The number of hydrogen-bond donors (Lipinski definition) is 4. The lowest BCUT2D eigenvalue weighted by molar-refractivity contribution is -0.144.